The summed E-state index contributed by atoms with van der Waals surface area (Å²) in [7, 11) is 0. The Bertz CT molecular complexity index is 1080. The van der Waals surface area contributed by atoms with Crippen LogP contribution in [0.1, 0.15) is 35.4 Å². The fourth-order valence-electron chi connectivity index (χ4n) is 5.19. The van der Waals surface area contributed by atoms with Crippen LogP contribution in [0.5, 0.6) is 0 Å². The zero-order chi connectivity index (χ0) is 23.1. The van der Waals surface area contributed by atoms with Gasteiger partial charge in [-0.2, -0.15) is 0 Å². The van der Waals surface area contributed by atoms with E-state index in [9.17, 15) is 14.4 Å². The molecule has 172 valence electrons. The van der Waals surface area contributed by atoms with Gasteiger partial charge in [0, 0.05) is 50.7 Å². The van der Waals surface area contributed by atoms with E-state index in [4.69, 9.17) is 0 Å². The van der Waals surface area contributed by atoms with Crippen LogP contribution in [0.3, 0.4) is 0 Å². The third-order valence-electron chi connectivity index (χ3n) is 7.51. The Morgan fingerprint density at radius 2 is 1.52 bits per heavy atom. The zero-order valence-electron chi connectivity index (χ0n) is 19.4. The summed E-state index contributed by atoms with van der Waals surface area (Å²) in [6.45, 7) is 6.75. The summed E-state index contributed by atoms with van der Waals surface area (Å²) in [4.78, 5) is 44.2. The van der Waals surface area contributed by atoms with E-state index in [2.05, 4.69) is 12.1 Å². The highest BCUT2D eigenvalue weighted by molar-refractivity contribution is 6.00. The summed E-state index contributed by atoms with van der Waals surface area (Å²) >= 11 is 0. The highest BCUT2D eigenvalue weighted by atomic mass is 16.2. The first-order valence-electron chi connectivity index (χ1n) is 11.9. The second kappa shape index (κ2) is 8.65. The molecule has 3 aliphatic rings. The smallest absolute Gasteiger partial charge is 0.228 e. The molecule has 5 rings (SSSR count). The molecule has 2 aliphatic heterocycles. The molecule has 0 radical (unpaired) electrons. The number of aryl methyl sites for hydroxylation is 2. The fraction of sp³-hybridized carbons (Fsp3) is 0.444. The van der Waals surface area contributed by atoms with Gasteiger partial charge in [0.1, 0.15) is 0 Å². The van der Waals surface area contributed by atoms with E-state index < -0.39 is 0 Å². The maximum Gasteiger partial charge on any atom is 0.228 e. The molecule has 3 amide bonds. The molecule has 2 aromatic rings. The van der Waals surface area contributed by atoms with Gasteiger partial charge in [0.2, 0.25) is 17.7 Å². The van der Waals surface area contributed by atoms with Gasteiger partial charge in [0.05, 0.1) is 5.92 Å². The van der Waals surface area contributed by atoms with Crippen LogP contribution in [0.4, 0.5) is 5.69 Å². The molecular weight excluding hydrogens is 414 g/mol. The molecule has 6 nitrogen and oxygen atoms in total. The Balaban J connectivity index is 1.15. The first-order valence-corrected chi connectivity index (χ1v) is 11.9. The number of carbonyl (C=O) groups is 3. The molecule has 0 aromatic heterocycles. The molecule has 3 fully saturated rings. The number of nitrogens with zero attached hydrogens (tertiary/aromatic N) is 3. The number of carbonyl (C=O) groups excluding carboxylic acids is 3. The minimum atomic E-state index is -0.313. The summed E-state index contributed by atoms with van der Waals surface area (Å²) < 4.78 is 0. The van der Waals surface area contributed by atoms with Gasteiger partial charge in [-0.1, -0.05) is 36.4 Å². The summed E-state index contributed by atoms with van der Waals surface area (Å²) in [5, 5.41) is 0. The lowest BCUT2D eigenvalue weighted by atomic mass is 10.1. The van der Waals surface area contributed by atoms with Gasteiger partial charge < -0.3 is 14.7 Å². The van der Waals surface area contributed by atoms with Crippen LogP contribution < -0.4 is 4.90 Å². The van der Waals surface area contributed by atoms with E-state index in [0.29, 0.717) is 38.6 Å². The van der Waals surface area contributed by atoms with Crippen LogP contribution in [0.15, 0.2) is 48.5 Å². The molecule has 0 spiro atoms. The molecule has 3 atom stereocenters. The van der Waals surface area contributed by atoms with Crippen molar-refractivity contribution < 1.29 is 14.4 Å². The van der Waals surface area contributed by atoms with E-state index in [0.717, 1.165) is 17.7 Å². The van der Waals surface area contributed by atoms with Crippen LogP contribution in [0.2, 0.25) is 0 Å². The number of rotatable bonds is 4. The second-order valence-corrected chi connectivity index (χ2v) is 9.68. The minimum absolute atomic E-state index is 0.00565. The van der Waals surface area contributed by atoms with Crippen LogP contribution in [0.25, 0.3) is 0 Å². The van der Waals surface area contributed by atoms with E-state index in [-0.39, 0.29) is 36.0 Å². The van der Waals surface area contributed by atoms with Gasteiger partial charge in [-0.25, -0.2) is 0 Å². The van der Waals surface area contributed by atoms with Gasteiger partial charge in [-0.3, -0.25) is 14.4 Å². The topological polar surface area (TPSA) is 60.9 Å². The molecule has 6 heteroatoms. The molecule has 2 aromatic carbocycles. The van der Waals surface area contributed by atoms with Crippen molar-refractivity contribution in [3.63, 3.8) is 0 Å². The molecule has 33 heavy (non-hydrogen) atoms. The van der Waals surface area contributed by atoms with Crippen molar-refractivity contribution in [2.24, 2.45) is 11.8 Å². The van der Waals surface area contributed by atoms with Crippen molar-refractivity contribution in [3.05, 3.63) is 65.2 Å². The van der Waals surface area contributed by atoms with E-state index in [1.54, 1.807) is 4.90 Å². The summed E-state index contributed by atoms with van der Waals surface area (Å²) in [6.07, 6.45) is 1.17. The molecule has 2 saturated heterocycles. The van der Waals surface area contributed by atoms with E-state index in [1.807, 2.05) is 60.0 Å². The summed E-state index contributed by atoms with van der Waals surface area (Å²) in [5.74, 6) is 0.356. The number of anilines is 1. The molecule has 0 bridgehead atoms. The Hall–Kier alpha value is -3.15. The Labute approximate surface area is 195 Å². The monoisotopic (exact) mass is 445 g/mol. The minimum Gasteiger partial charge on any atom is -0.339 e. The lowest BCUT2D eigenvalue weighted by Crippen LogP contribution is -2.52. The Kier molecular flexibility index (Phi) is 5.69. The summed E-state index contributed by atoms with van der Waals surface area (Å²) in [6, 6.07) is 16.2. The second-order valence-electron chi connectivity index (χ2n) is 9.68. The molecule has 0 N–H and O–H groups in total. The van der Waals surface area contributed by atoms with E-state index >= 15 is 0 Å². The third kappa shape index (κ3) is 4.26. The van der Waals surface area contributed by atoms with Gasteiger partial charge in [-0.05, 0) is 55.0 Å². The van der Waals surface area contributed by atoms with Gasteiger partial charge in [-0.15, -0.1) is 0 Å². The van der Waals surface area contributed by atoms with Crippen molar-refractivity contribution >= 4 is 23.4 Å². The van der Waals surface area contributed by atoms with Crippen molar-refractivity contribution in [1.82, 2.24) is 9.80 Å². The normalized spacial score (nSPS) is 24.8. The number of amides is 3. The first kappa shape index (κ1) is 21.7. The molecule has 2 heterocycles. The zero-order valence-corrected chi connectivity index (χ0v) is 19.4. The number of hydrogen-bond donors (Lipinski definition) is 0. The number of piperazine rings is 1. The van der Waals surface area contributed by atoms with Crippen LogP contribution in [-0.4, -0.2) is 60.2 Å². The average molecular weight is 446 g/mol. The Morgan fingerprint density at radius 3 is 2.18 bits per heavy atom. The lowest BCUT2D eigenvalue weighted by molar-refractivity contribution is -0.142. The molecule has 3 unspecified atom stereocenters. The predicted molar refractivity (Wildman–Crippen MR) is 127 cm³/mol. The first-order chi connectivity index (χ1) is 15.9. The standard InChI is InChI=1S/C27H31N3O3/c1-18-8-9-22(14-19(18)2)30-17-21(15-25(30)31)26(32)28-10-12-29(13-11-28)27(33)24-16-23(24)20-6-4-3-5-7-20/h3-9,14,21,23-24H,10-13,15-17H2,1-2H3. The lowest BCUT2D eigenvalue weighted by Gasteiger charge is -2.36. The van der Waals surface area contributed by atoms with Crippen molar-refractivity contribution in [1.29, 1.82) is 0 Å². The SMILES string of the molecule is Cc1ccc(N2CC(C(=O)N3CCN(C(=O)C4CC4c4ccccc4)CC3)CC2=O)cc1C. The molecule has 1 aliphatic carbocycles. The molecule has 1 saturated carbocycles. The maximum atomic E-state index is 13.1. The van der Waals surface area contributed by atoms with Gasteiger partial charge in [0.15, 0.2) is 0 Å². The van der Waals surface area contributed by atoms with Crippen LogP contribution in [0, 0.1) is 25.7 Å². The van der Waals surface area contributed by atoms with Gasteiger partial charge in [0.25, 0.3) is 0 Å². The van der Waals surface area contributed by atoms with E-state index in [1.165, 1.54) is 11.1 Å². The van der Waals surface area contributed by atoms with Crippen LogP contribution in [-0.2, 0) is 14.4 Å². The third-order valence-corrected chi connectivity index (χ3v) is 7.51. The van der Waals surface area contributed by atoms with Crippen molar-refractivity contribution in [2.75, 3.05) is 37.6 Å². The summed E-state index contributed by atoms with van der Waals surface area (Å²) in [5.41, 5.74) is 4.43. The highest BCUT2D eigenvalue weighted by Gasteiger charge is 2.46. The number of benzene rings is 2. The fourth-order valence-corrected chi connectivity index (χ4v) is 5.19. The number of hydrogen-bond acceptors (Lipinski definition) is 3. The van der Waals surface area contributed by atoms with Crippen molar-refractivity contribution in [3.8, 4) is 0 Å². The van der Waals surface area contributed by atoms with Crippen molar-refractivity contribution in [2.45, 2.75) is 32.6 Å². The average Bonchev–Trinajstić information content (AvgIpc) is 3.55. The highest BCUT2D eigenvalue weighted by Crippen LogP contribution is 2.48. The quantitative estimate of drug-likeness (QED) is 0.727. The Morgan fingerprint density at radius 1 is 0.848 bits per heavy atom. The maximum absolute atomic E-state index is 13.1. The van der Waals surface area contributed by atoms with Gasteiger partial charge >= 0.3 is 0 Å². The predicted octanol–water partition coefficient (Wildman–Crippen LogP) is 3.13. The largest absolute Gasteiger partial charge is 0.339 e. The molecular formula is C27H31N3O3. The van der Waals surface area contributed by atoms with Crippen LogP contribution >= 0.6 is 0 Å².